The number of allylic oxidation sites excluding steroid dienone is 4. The minimum absolute atomic E-state index is 0.00797. The molecule has 1 aliphatic heterocycles. The Labute approximate surface area is 203 Å². The first-order valence-corrected chi connectivity index (χ1v) is 14.1. The van der Waals surface area contributed by atoms with Crippen LogP contribution >= 0.6 is 20.7 Å². The highest BCUT2D eigenvalue weighted by atomic mass is 127. The molecule has 0 nitrogen and oxygen atoms in total. The lowest BCUT2D eigenvalue weighted by Crippen LogP contribution is -2.26. The highest BCUT2D eigenvalue weighted by Gasteiger charge is 2.32. The number of rotatable bonds is 7. The topological polar surface area (TPSA) is 0 Å². The Morgan fingerprint density at radius 1 is 0.750 bits per heavy atom. The fourth-order valence-electron chi connectivity index (χ4n) is 5.15. The molecule has 0 N–H and O–H groups in total. The largest absolute Gasteiger partial charge is 0.0822 e. The molecule has 1 atom stereocenters. The molecule has 0 aliphatic carbocycles. The fourth-order valence-corrected chi connectivity index (χ4v) is 6.29. The summed E-state index contributed by atoms with van der Waals surface area (Å²) < 4.78 is 5.85. The van der Waals surface area contributed by atoms with Gasteiger partial charge < -0.3 is 0 Å². The first-order valence-electron chi connectivity index (χ1n) is 11.8. The number of hydrogen-bond donors (Lipinski definition) is 0. The minimum atomic E-state index is -0.0785. The Balaban J connectivity index is 1.86. The van der Waals surface area contributed by atoms with Gasteiger partial charge in [-0.3, -0.25) is 0 Å². The van der Waals surface area contributed by atoms with E-state index in [2.05, 4.69) is 120 Å². The van der Waals surface area contributed by atoms with Crippen LogP contribution in [-0.4, -0.2) is 3.67 Å². The van der Waals surface area contributed by atoms with E-state index in [1.807, 2.05) is 0 Å². The van der Waals surface area contributed by atoms with Crippen LogP contribution < -0.4 is 0 Å². The molecule has 1 heterocycles. The minimum Gasteiger partial charge on any atom is -0.0822 e. The average molecular weight is 533 g/mol. The molecule has 1 aliphatic rings. The molecule has 0 bridgehead atoms. The smallest absolute Gasteiger partial charge is 0.0204 e. The second kappa shape index (κ2) is 9.73. The lowest BCUT2D eigenvalue weighted by molar-refractivity contribution is 0.478. The summed E-state index contributed by atoms with van der Waals surface area (Å²) in [5, 5.41) is 2.65. The third-order valence-electron chi connectivity index (χ3n) is 7.59. The van der Waals surface area contributed by atoms with Crippen molar-refractivity contribution in [1.29, 1.82) is 0 Å². The normalized spacial score (nSPS) is 15.7. The molecule has 1 heteroatoms. The van der Waals surface area contributed by atoms with E-state index in [0.717, 1.165) is 19.3 Å². The third kappa shape index (κ3) is 4.09. The standard InChI is InChI=1S/C31H33I/c1-5-30(4,26-12-9-8-10-13-26)28-17-15-24-16-18-29(23-25(24)22-28)31(6-2,7-3)27-14-11-20-32-21-19-27/h8-20,22-23H,5-7H2,1-4H3. The molecule has 1 unspecified atom stereocenters. The fraction of sp³-hybridized carbons (Fsp3) is 0.290. The van der Waals surface area contributed by atoms with Gasteiger partial charge in [-0.1, -0.05) is 110 Å². The summed E-state index contributed by atoms with van der Waals surface area (Å²) in [6.45, 7) is 9.32. The zero-order valence-corrected chi connectivity index (χ0v) is 21.8. The van der Waals surface area contributed by atoms with Crippen LogP contribution in [0.2, 0.25) is 0 Å². The summed E-state index contributed by atoms with van der Waals surface area (Å²) in [7, 11) is 0. The molecule has 0 amide bonds. The van der Waals surface area contributed by atoms with Crippen LogP contribution in [0.3, 0.4) is 0 Å². The second-order valence-corrected chi connectivity index (χ2v) is 10.9. The molecule has 3 aromatic rings. The van der Waals surface area contributed by atoms with Crippen molar-refractivity contribution in [3.8, 4) is 0 Å². The molecule has 0 spiro atoms. The van der Waals surface area contributed by atoms with Gasteiger partial charge in [-0.15, -0.1) is 0 Å². The molecule has 0 radical (unpaired) electrons. The lowest BCUT2D eigenvalue weighted by atomic mass is 9.69. The first-order chi connectivity index (χ1) is 15.6. The molecule has 32 heavy (non-hydrogen) atoms. The molecular formula is C31H33I. The maximum Gasteiger partial charge on any atom is 0.0204 e. The van der Waals surface area contributed by atoms with E-state index in [-0.39, 0.29) is 31.6 Å². The van der Waals surface area contributed by atoms with Crippen molar-refractivity contribution in [2.24, 2.45) is 0 Å². The SMILES string of the molecule is CCC(CC)(C1=CC=CI=C=C1)c1ccc2ccc(C(C)(CC)c3ccccc3)cc2c1. The quantitative estimate of drug-likeness (QED) is 0.267. The number of benzene rings is 3. The first kappa shape index (κ1) is 23.0. The summed E-state index contributed by atoms with van der Waals surface area (Å²) >= 11 is -0.0785. The molecule has 0 saturated heterocycles. The third-order valence-corrected chi connectivity index (χ3v) is 9.04. The van der Waals surface area contributed by atoms with E-state index in [1.54, 1.807) is 0 Å². The van der Waals surface area contributed by atoms with E-state index in [4.69, 9.17) is 0 Å². The molecule has 0 aromatic heterocycles. The number of fused-ring (bicyclic) bond motifs is 1. The Kier molecular flexibility index (Phi) is 6.98. The summed E-state index contributed by atoms with van der Waals surface area (Å²) in [6.07, 6.45) is 10.1. The lowest BCUT2D eigenvalue weighted by Gasteiger charge is -2.34. The average Bonchev–Trinajstić information content (AvgIpc) is 3.15. The van der Waals surface area contributed by atoms with Crippen LogP contribution in [0.1, 0.15) is 63.6 Å². The van der Waals surface area contributed by atoms with Gasteiger partial charge in [0.2, 0.25) is 0 Å². The zero-order valence-electron chi connectivity index (χ0n) is 19.7. The number of hydrogen-bond acceptors (Lipinski definition) is 0. The van der Waals surface area contributed by atoms with E-state index in [1.165, 1.54) is 33.0 Å². The predicted octanol–water partition coefficient (Wildman–Crippen LogP) is 9.00. The van der Waals surface area contributed by atoms with Crippen LogP contribution in [0.25, 0.3) is 10.8 Å². The van der Waals surface area contributed by atoms with Gasteiger partial charge >= 0.3 is 0 Å². The maximum absolute atomic E-state index is 3.56. The molecule has 3 aromatic carbocycles. The molecule has 4 rings (SSSR count). The highest BCUT2D eigenvalue weighted by Crippen LogP contribution is 2.42. The van der Waals surface area contributed by atoms with Gasteiger partial charge in [0, 0.05) is 10.8 Å². The van der Waals surface area contributed by atoms with Crippen LogP contribution in [-0.2, 0) is 10.8 Å². The van der Waals surface area contributed by atoms with Crippen molar-refractivity contribution in [3.05, 3.63) is 111 Å². The molecule has 0 fully saturated rings. The maximum atomic E-state index is 3.56. The van der Waals surface area contributed by atoms with Crippen LogP contribution in [0.15, 0.2) is 94.6 Å². The van der Waals surface area contributed by atoms with Crippen molar-refractivity contribution in [2.45, 2.75) is 57.8 Å². The van der Waals surface area contributed by atoms with Crippen molar-refractivity contribution < 1.29 is 0 Å². The highest BCUT2D eigenvalue weighted by molar-refractivity contribution is 14.2. The molecular weight excluding hydrogens is 499 g/mol. The van der Waals surface area contributed by atoms with E-state index < -0.39 is 0 Å². The Morgan fingerprint density at radius 3 is 2.12 bits per heavy atom. The molecule has 0 saturated carbocycles. The summed E-state index contributed by atoms with van der Waals surface area (Å²) in [6, 6.07) is 25.1. The van der Waals surface area contributed by atoms with Crippen molar-refractivity contribution >= 4 is 35.2 Å². The number of halogens is 1. The Morgan fingerprint density at radius 2 is 1.44 bits per heavy atom. The van der Waals surface area contributed by atoms with E-state index in [9.17, 15) is 0 Å². The van der Waals surface area contributed by atoms with E-state index >= 15 is 0 Å². The van der Waals surface area contributed by atoms with Gasteiger partial charge in [0.1, 0.15) is 0 Å². The van der Waals surface area contributed by atoms with Gasteiger partial charge in [-0.05, 0) is 83.2 Å². The van der Waals surface area contributed by atoms with Gasteiger partial charge in [0.15, 0.2) is 0 Å². The predicted molar refractivity (Wildman–Crippen MR) is 150 cm³/mol. The van der Waals surface area contributed by atoms with E-state index in [0.29, 0.717) is 0 Å². The molecule has 164 valence electrons. The summed E-state index contributed by atoms with van der Waals surface area (Å²) in [4.78, 5) is 0. The summed E-state index contributed by atoms with van der Waals surface area (Å²) in [5.74, 6) is 0. The van der Waals surface area contributed by atoms with Crippen molar-refractivity contribution in [1.82, 2.24) is 0 Å². The second-order valence-electron chi connectivity index (χ2n) is 8.92. The van der Waals surface area contributed by atoms with Crippen LogP contribution in [0.5, 0.6) is 0 Å². The Hall–Kier alpha value is -2.22. The van der Waals surface area contributed by atoms with Crippen molar-refractivity contribution in [2.75, 3.05) is 0 Å². The van der Waals surface area contributed by atoms with Gasteiger partial charge in [0.25, 0.3) is 0 Å². The van der Waals surface area contributed by atoms with Crippen LogP contribution in [0, 0.1) is 0 Å². The van der Waals surface area contributed by atoms with Crippen LogP contribution in [0.4, 0.5) is 0 Å². The van der Waals surface area contributed by atoms with Gasteiger partial charge in [-0.25, -0.2) is 0 Å². The van der Waals surface area contributed by atoms with Gasteiger partial charge in [-0.2, -0.15) is 0 Å². The zero-order chi connectivity index (χ0) is 22.6. The van der Waals surface area contributed by atoms with Gasteiger partial charge in [0.05, 0.1) is 0 Å². The Bertz CT molecular complexity index is 1220. The van der Waals surface area contributed by atoms with Crippen molar-refractivity contribution in [3.63, 3.8) is 0 Å². The summed E-state index contributed by atoms with van der Waals surface area (Å²) in [5.41, 5.74) is 5.63. The monoisotopic (exact) mass is 532 g/mol.